The summed E-state index contributed by atoms with van der Waals surface area (Å²) in [4.78, 5) is 25.1. The molecule has 1 aromatic carbocycles. The Hall–Kier alpha value is -2.63. The zero-order chi connectivity index (χ0) is 17.8. The highest BCUT2D eigenvalue weighted by Gasteiger charge is 2.31. The number of amides is 1. The first-order chi connectivity index (χ1) is 12.1. The second-order valence-corrected chi connectivity index (χ2v) is 6.18. The maximum absolute atomic E-state index is 13.8. The van der Waals surface area contributed by atoms with E-state index < -0.39 is 12.0 Å². The highest BCUT2D eigenvalue weighted by Crippen LogP contribution is 2.25. The molecule has 1 aliphatic rings. The average Bonchev–Trinajstić information content (AvgIpc) is 3.08. The zero-order valence-electron chi connectivity index (χ0n) is 13.8. The lowest BCUT2D eigenvalue weighted by molar-refractivity contribution is -0.152. The number of carbonyl (C=O) groups excluding carboxylic acids is 1. The Morgan fingerprint density at radius 2 is 2.00 bits per heavy atom. The van der Waals surface area contributed by atoms with Crippen LogP contribution < -0.4 is 0 Å². The lowest BCUT2D eigenvalue weighted by Gasteiger charge is -2.33. The molecule has 0 bridgehead atoms. The quantitative estimate of drug-likeness (QED) is 0.900. The van der Waals surface area contributed by atoms with Crippen LogP contribution in [-0.2, 0) is 16.0 Å². The number of piperidine rings is 1. The third kappa shape index (κ3) is 3.90. The summed E-state index contributed by atoms with van der Waals surface area (Å²) in [5.74, 6) is -0.502. The summed E-state index contributed by atoms with van der Waals surface area (Å²) in [6.07, 6.45) is 2.68. The Bertz CT molecular complexity index is 770. The molecule has 0 aliphatic carbocycles. The average molecular weight is 345 g/mol. The van der Waals surface area contributed by atoms with Crippen molar-refractivity contribution in [3.8, 4) is 11.3 Å². The van der Waals surface area contributed by atoms with Gasteiger partial charge in [0, 0.05) is 19.4 Å². The molecule has 5 nitrogen and oxygen atoms in total. The van der Waals surface area contributed by atoms with Gasteiger partial charge in [-0.3, -0.25) is 4.79 Å². The van der Waals surface area contributed by atoms with E-state index in [2.05, 4.69) is 0 Å². The van der Waals surface area contributed by atoms with Crippen LogP contribution in [0.25, 0.3) is 11.3 Å². The maximum Gasteiger partial charge on any atom is 0.326 e. The van der Waals surface area contributed by atoms with E-state index in [9.17, 15) is 19.1 Å². The molecule has 3 rings (SSSR count). The molecule has 1 aromatic heterocycles. The van der Waals surface area contributed by atoms with Crippen LogP contribution in [0.5, 0.6) is 0 Å². The van der Waals surface area contributed by atoms with Crippen molar-refractivity contribution in [2.75, 3.05) is 6.54 Å². The second kappa shape index (κ2) is 7.51. The van der Waals surface area contributed by atoms with Gasteiger partial charge in [0.15, 0.2) is 0 Å². The van der Waals surface area contributed by atoms with Crippen LogP contribution in [0.4, 0.5) is 4.39 Å². The van der Waals surface area contributed by atoms with Crippen LogP contribution >= 0.6 is 0 Å². The summed E-state index contributed by atoms with van der Waals surface area (Å²) in [6, 6.07) is 9.01. The van der Waals surface area contributed by atoms with Crippen LogP contribution in [0.1, 0.15) is 31.4 Å². The number of rotatable bonds is 5. The molecule has 2 heterocycles. The van der Waals surface area contributed by atoms with Gasteiger partial charge in [-0.05, 0) is 43.5 Å². The van der Waals surface area contributed by atoms with Crippen LogP contribution in [0, 0.1) is 5.82 Å². The first-order valence-electron chi connectivity index (χ1n) is 8.42. The first kappa shape index (κ1) is 17.2. The van der Waals surface area contributed by atoms with Gasteiger partial charge in [0.25, 0.3) is 0 Å². The Morgan fingerprint density at radius 3 is 2.76 bits per heavy atom. The number of likely N-dealkylation sites (tertiary alicyclic amines) is 1. The van der Waals surface area contributed by atoms with Gasteiger partial charge in [-0.2, -0.15) is 0 Å². The van der Waals surface area contributed by atoms with Gasteiger partial charge in [-0.15, -0.1) is 0 Å². The van der Waals surface area contributed by atoms with E-state index in [0.717, 1.165) is 12.8 Å². The smallest absolute Gasteiger partial charge is 0.326 e. The van der Waals surface area contributed by atoms with Crippen molar-refractivity contribution in [3.63, 3.8) is 0 Å². The minimum atomic E-state index is -0.951. The molecular formula is C19H20FNO4. The van der Waals surface area contributed by atoms with Gasteiger partial charge in [-0.1, -0.05) is 12.1 Å². The van der Waals surface area contributed by atoms with Crippen LogP contribution in [0.2, 0.25) is 0 Å². The molecule has 1 saturated heterocycles. The number of nitrogens with zero attached hydrogens (tertiary/aromatic N) is 1. The van der Waals surface area contributed by atoms with E-state index in [0.29, 0.717) is 36.5 Å². The number of benzene rings is 1. The summed E-state index contributed by atoms with van der Waals surface area (Å²) in [6.45, 7) is 0.481. The SMILES string of the molecule is O=C(O)[C@H]1CCCCN1C(=O)CCc1ccc(-c2ccccc2F)o1. The van der Waals surface area contributed by atoms with Crippen LogP contribution in [0.15, 0.2) is 40.8 Å². The Balaban J connectivity index is 1.63. The molecule has 25 heavy (non-hydrogen) atoms. The number of halogens is 1. The third-order valence-electron chi connectivity index (χ3n) is 4.49. The van der Waals surface area contributed by atoms with Gasteiger partial charge in [-0.25, -0.2) is 9.18 Å². The number of aryl methyl sites for hydroxylation is 1. The maximum atomic E-state index is 13.8. The van der Waals surface area contributed by atoms with Crippen LogP contribution in [0.3, 0.4) is 0 Å². The summed E-state index contributed by atoms with van der Waals surface area (Å²) in [7, 11) is 0. The van der Waals surface area contributed by atoms with Gasteiger partial charge in [0.05, 0.1) is 5.56 Å². The molecule has 0 spiro atoms. The normalized spacial score (nSPS) is 17.5. The highest BCUT2D eigenvalue weighted by molar-refractivity contribution is 5.84. The third-order valence-corrected chi connectivity index (χ3v) is 4.49. The number of hydrogen-bond acceptors (Lipinski definition) is 3. The summed E-state index contributed by atoms with van der Waals surface area (Å²) >= 11 is 0. The lowest BCUT2D eigenvalue weighted by atomic mass is 10.0. The number of furan rings is 1. The number of carbonyl (C=O) groups is 2. The molecule has 1 N–H and O–H groups in total. The number of carboxylic acids is 1. The fraction of sp³-hybridized carbons (Fsp3) is 0.368. The molecule has 6 heteroatoms. The molecule has 132 valence electrons. The molecule has 0 radical (unpaired) electrons. The van der Waals surface area contributed by atoms with E-state index in [1.807, 2.05) is 0 Å². The monoisotopic (exact) mass is 345 g/mol. The topological polar surface area (TPSA) is 70.8 Å². The Kier molecular flexibility index (Phi) is 5.16. The largest absolute Gasteiger partial charge is 0.480 e. The second-order valence-electron chi connectivity index (χ2n) is 6.18. The van der Waals surface area contributed by atoms with Gasteiger partial charge < -0.3 is 14.4 Å². The fourth-order valence-corrected chi connectivity index (χ4v) is 3.18. The predicted molar refractivity (Wildman–Crippen MR) is 89.4 cm³/mol. The van der Waals surface area contributed by atoms with E-state index in [1.165, 1.54) is 11.0 Å². The molecule has 1 aliphatic heterocycles. The van der Waals surface area contributed by atoms with E-state index in [4.69, 9.17) is 4.42 Å². The summed E-state index contributed by atoms with van der Waals surface area (Å²) < 4.78 is 19.4. The number of aliphatic carboxylic acids is 1. The molecule has 2 aromatic rings. The van der Waals surface area contributed by atoms with Crippen molar-refractivity contribution in [3.05, 3.63) is 48.0 Å². The van der Waals surface area contributed by atoms with Crippen molar-refractivity contribution >= 4 is 11.9 Å². The van der Waals surface area contributed by atoms with E-state index >= 15 is 0 Å². The first-order valence-corrected chi connectivity index (χ1v) is 8.42. The van der Waals surface area contributed by atoms with Crippen molar-refractivity contribution in [2.24, 2.45) is 0 Å². The van der Waals surface area contributed by atoms with Crippen molar-refractivity contribution < 1.29 is 23.5 Å². The molecule has 0 unspecified atom stereocenters. The standard InChI is InChI=1S/C19H20FNO4/c20-15-6-2-1-5-14(15)17-10-8-13(25-17)9-11-18(22)21-12-4-3-7-16(21)19(23)24/h1-2,5-6,8,10,16H,3-4,7,9,11-12H2,(H,23,24)/t16-/m1/s1. The molecule has 1 amide bonds. The van der Waals surface area contributed by atoms with Crippen molar-refractivity contribution in [1.82, 2.24) is 4.90 Å². The highest BCUT2D eigenvalue weighted by atomic mass is 19.1. The zero-order valence-corrected chi connectivity index (χ0v) is 13.8. The minimum absolute atomic E-state index is 0.175. The van der Waals surface area contributed by atoms with Crippen LogP contribution in [-0.4, -0.2) is 34.5 Å². The van der Waals surface area contributed by atoms with Crippen molar-refractivity contribution in [1.29, 1.82) is 0 Å². The molecule has 0 saturated carbocycles. The number of carboxylic acid groups (broad SMARTS) is 1. The summed E-state index contributed by atoms with van der Waals surface area (Å²) in [5, 5.41) is 9.25. The lowest BCUT2D eigenvalue weighted by Crippen LogP contribution is -2.48. The number of hydrogen-bond donors (Lipinski definition) is 1. The van der Waals surface area contributed by atoms with Crippen molar-refractivity contribution in [2.45, 2.75) is 38.1 Å². The van der Waals surface area contributed by atoms with Gasteiger partial charge in [0.1, 0.15) is 23.4 Å². The summed E-state index contributed by atoms with van der Waals surface area (Å²) in [5.41, 5.74) is 0.377. The van der Waals surface area contributed by atoms with Gasteiger partial charge in [0.2, 0.25) is 5.91 Å². The predicted octanol–water partition coefficient (Wildman–Crippen LogP) is 3.48. The van der Waals surface area contributed by atoms with E-state index in [-0.39, 0.29) is 18.1 Å². The minimum Gasteiger partial charge on any atom is -0.480 e. The fourth-order valence-electron chi connectivity index (χ4n) is 3.18. The van der Waals surface area contributed by atoms with E-state index in [1.54, 1.807) is 30.3 Å². The Labute approximate surface area is 145 Å². The molecule has 1 atom stereocenters. The molecular weight excluding hydrogens is 325 g/mol. The van der Waals surface area contributed by atoms with Gasteiger partial charge >= 0.3 is 5.97 Å². The Morgan fingerprint density at radius 1 is 1.20 bits per heavy atom. The molecule has 1 fully saturated rings.